The van der Waals surface area contributed by atoms with Crippen LogP contribution in [0.4, 0.5) is 10.5 Å². The molecule has 1 N–H and O–H groups in total. The maximum absolute atomic E-state index is 11.9. The molecule has 1 aromatic rings. The number of ether oxygens (including phenoxy) is 1. The lowest BCUT2D eigenvalue weighted by molar-refractivity contribution is 0.0293. The monoisotopic (exact) mass is 268 g/mol. The highest BCUT2D eigenvalue weighted by molar-refractivity contribution is 7.08. The molecule has 0 saturated carbocycles. The lowest BCUT2D eigenvalue weighted by Crippen LogP contribution is -2.36. The van der Waals surface area contributed by atoms with Gasteiger partial charge in [0.1, 0.15) is 5.60 Å². The minimum absolute atomic E-state index is 0.211. The van der Waals surface area contributed by atoms with Crippen molar-refractivity contribution in [3.05, 3.63) is 16.8 Å². The van der Waals surface area contributed by atoms with Gasteiger partial charge in [0.25, 0.3) is 0 Å². The number of nitrogens with zero attached hydrogens (tertiary/aromatic N) is 1. The summed E-state index contributed by atoms with van der Waals surface area (Å²) in [5, 5.41) is 7.55. The molecule has 1 aliphatic rings. The fraction of sp³-hybridized carbons (Fsp3) is 0.615. The van der Waals surface area contributed by atoms with Crippen LogP contribution in [0.1, 0.15) is 27.2 Å². The largest absolute Gasteiger partial charge is 0.444 e. The number of anilines is 1. The minimum Gasteiger partial charge on any atom is -0.444 e. The van der Waals surface area contributed by atoms with Crippen LogP contribution in [0.25, 0.3) is 0 Å². The number of rotatable bonds is 2. The number of amides is 1. The van der Waals surface area contributed by atoms with Gasteiger partial charge in [0.2, 0.25) is 0 Å². The van der Waals surface area contributed by atoms with E-state index in [1.165, 1.54) is 0 Å². The van der Waals surface area contributed by atoms with Crippen LogP contribution in [0.15, 0.2) is 16.8 Å². The second kappa shape index (κ2) is 5.18. The van der Waals surface area contributed by atoms with E-state index in [0.29, 0.717) is 12.6 Å². The third-order valence-electron chi connectivity index (χ3n) is 2.73. The number of likely N-dealkylation sites (tertiary alicyclic amines) is 1. The molecule has 2 heterocycles. The quantitative estimate of drug-likeness (QED) is 0.895. The predicted octanol–water partition coefficient (Wildman–Crippen LogP) is 3.17. The van der Waals surface area contributed by atoms with Gasteiger partial charge in [0, 0.05) is 30.2 Å². The molecule has 1 saturated heterocycles. The number of carbonyl (C=O) groups is 1. The van der Waals surface area contributed by atoms with Gasteiger partial charge in [-0.2, -0.15) is 11.3 Å². The first-order valence-electron chi connectivity index (χ1n) is 6.21. The fourth-order valence-electron chi connectivity index (χ4n) is 1.95. The summed E-state index contributed by atoms with van der Waals surface area (Å²) in [6.07, 6.45) is 0.756. The zero-order valence-electron chi connectivity index (χ0n) is 11.1. The molecule has 1 fully saturated rings. The van der Waals surface area contributed by atoms with Crippen molar-refractivity contribution in [2.45, 2.75) is 38.8 Å². The maximum atomic E-state index is 11.9. The molecule has 1 unspecified atom stereocenters. The molecule has 1 aromatic heterocycles. The number of nitrogens with one attached hydrogen (secondary N) is 1. The van der Waals surface area contributed by atoms with Crippen LogP contribution in [0.5, 0.6) is 0 Å². The Labute approximate surface area is 112 Å². The molecule has 0 spiro atoms. The van der Waals surface area contributed by atoms with Crippen molar-refractivity contribution in [2.24, 2.45) is 0 Å². The Hall–Kier alpha value is -1.23. The fourth-order valence-corrected chi connectivity index (χ4v) is 2.55. The standard InChI is InChI=1S/C13H20N2O2S/c1-13(2,3)17-12(16)15-6-4-10(8-15)14-11-5-7-18-9-11/h5,7,9-10,14H,4,6,8H2,1-3H3. The van der Waals surface area contributed by atoms with Crippen LogP contribution in [-0.2, 0) is 4.74 Å². The summed E-state index contributed by atoms with van der Waals surface area (Å²) < 4.78 is 5.37. The number of hydrogen-bond acceptors (Lipinski definition) is 4. The molecule has 0 bridgehead atoms. The summed E-state index contributed by atoms with van der Waals surface area (Å²) >= 11 is 1.67. The highest BCUT2D eigenvalue weighted by Gasteiger charge is 2.29. The lowest BCUT2D eigenvalue weighted by Gasteiger charge is -2.24. The maximum Gasteiger partial charge on any atom is 0.410 e. The Kier molecular flexibility index (Phi) is 3.80. The van der Waals surface area contributed by atoms with Crippen LogP contribution < -0.4 is 5.32 Å². The Morgan fingerprint density at radius 1 is 1.56 bits per heavy atom. The van der Waals surface area contributed by atoms with Crippen molar-refractivity contribution >= 4 is 23.1 Å². The summed E-state index contributed by atoms with van der Waals surface area (Å²) in [7, 11) is 0. The van der Waals surface area contributed by atoms with Crippen LogP contribution in [0.3, 0.4) is 0 Å². The Bertz CT molecular complexity index is 398. The smallest absolute Gasteiger partial charge is 0.410 e. The van der Waals surface area contributed by atoms with Gasteiger partial charge < -0.3 is 15.0 Å². The Balaban J connectivity index is 1.83. The predicted molar refractivity (Wildman–Crippen MR) is 74.2 cm³/mol. The van der Waals surface area contributed by atoms with E-state index in [1.807, 2.05) is 26.2 Å². The average Bonchev–Trinajstić information content (AvgIpc) is 2.86. The van der Waals surface area contributed by atoms with Crippen molar-refractivity contribution in [1.82, 2.24) is 4.90 Å². The zero-order chi connectivity index (χ0) is 13.2. The number of carbonyl (C=O) groups excluding carboxylic acids is 1. The summed E-state index contributed by atoms with van der Waals surface area (Å²) in [6, 6.07) is 2.38. The summed E-state index contributed by atoms with van der Waals surface area (Å²) in [6.45, 7) is 7.15. The third kappa shape index (κ3) is 3.63. The lowest BCUT2D eigenvalue weighted by atomic mass is 10.2. The summed E-state index contributed by atoms with van der Waals surface area (Å²) in [4.78, 5) is 13.7. The van der Waals surface area contributed by atoms with Gasteiger partial charge in [-0.25, -0.2) is 4.79 Å². The number of thiophene rings is 1. The SMILES string of the molecule is CC(C)(C)OC(=O)N1CCC(Nc2ccsc2)C1. The van der Waals surface area contributed by atoms with E-state index < -0.39 is 5.60 Å². The number of hydrogen-bond donors (Lipinski definition) is 1. The molecule has 2 rings (SSSR count). The van der Waals surface area contributed by atoms with E-state index in [2.05, 4.69) is 16.8 Å². The second-order valence-electron chi connectivity index (χ2n) is 5.57. The van der Waals surface area contributed by atoms with Gasteiger partial charge in [0.05, 0.1) is 0 Å². The van der Waals surface area contributed by atoms with Gasteiger partial charge in [-0.05, 0) is 38.6 Å². The minimum atomic E-state index is -0.421. The van der Waals surface area contributed by atoms with E-state index in [4.69, 9.17) is 4.74 Å². The first-order valence-corrected chi connectivity index (χ1v) is 7.15. The molecular formula is C13H20N2O2S. The van der Waals surface area contributed by atoms with Gasteiger partial charge in [-0.15, -0.1) is 0 Å². The van der Waals surface area contributed by atoms with Crippen LogP contribution in [0, 0.1) is 0 Å². The molecule has 1 amide bonds. The molecule has 0 aliphatic carbocycles. The second-order valence-corrected chi connectivity index (χ2v) is 6.35. The first-order chi connectivity index (χ1) is 8.44. The van der Waals surface area contributed by atoms with Crippen molar-refractivity contribution in [3.63, 3.8) is 0 Å². The van der Waals surface area contributed by atoms with Gasteiger partial charge in [-0.3, -0.25) is 0 Å². The van der Waals surface area contributed by atoms with Crippen molar-refractivity contribution in [3.8, 4) is 0 Å². The topological polar surface area (TPSA) is 41.6 Å². The Morgan fingerprint density at radius 3 is 2.94 bits per heavy atom. The van der Waals surface area contributed by atoms with Gasteiger partial charge >= 0.3 is 6.09 Å². The normalized spacial score (nSPS) is 19.9. The summed E-state index contributed by atoms with van der Waals surface area (Å²) in [5.41, 5.74) is 0.715. The molecule has 1 aliphatic heterocycles. The van der Waals surface area contributed by atoms with E-state index in [9.17, 15) is 4.79 Å². The van der Waals surface area contributed by atoms with E-state index in [1.54, 1.807) is 16.2 Å². The summed E-state index contributed by atoms with van der Waals surface area (Å²) in [5.74, 6) is 0. The third-order valence-corrected chi connectivity index (χ3v) is 3.42. The molecule has 4 nitrogen and oxygen atoms in total. The molecule has 5 heteroatoms. The average molecular weight is 268 g/mol. The van der Waals surface area contributed by atoms with Crippen molar-refractivity contribution in [1.29, 1.82) is 0 Å². The van der Waals surface area contributed by atoms with Gasteiger partial charge in [0.15, 0.2) is 0 Å². The molecule has 0 radical (unpaired) electrons. The highest BCUT2D eigenvalue weighted by atomic mass is 32.1. The molecule has 100 valence electrons. The molecule has 18 heavy (non-hydrogen) atoms. The van der Waals surface area contributed by atoms with Crippen LogP contribution in [0.2, 0.25) is 0 Å². The van der Waals surface area contributed by atoms with Crippen LogP contribution >= 0.6 is 11.3 Å². The van der Waals surface area contributed by atoms with Crippen molar-refractivity contribution in [2.75, 3.05) is 18.4 Å². The molecule has 0 aromatic carbocycles. The zero-order valence-corrected chi connectivity index (χ0v) is 11.9. The molecular weight excluding hydrogens is 248 g/mol. The highest BCUT2D eigenvalue weighted by Crippen LogP contribution is 2.20. The van der Waals surface area contributed by atoms with Crippen molar-refractivity contribution < 1.29 is 9.53 Å². The van der Waals surface area contributed by atoms with E-state index >= 15 is 0 Å². The molecule has 1 atom stereocenters. The Morgan fingerprint density at radius 2 is 2.33 bits per heavy atom. The van der Waals surface area contributed by atoms with E-state index in [0.717, 1.165) is 18.7 Å². The van der Waals surface area contributed by atoms with Crippen LogP contribution in [-0.4, -0.2) is 35.7 Å². The van der Waals surface area contributed by atoms with E-state index in [-0.39, 0.29) is 6.09 Å². The first kappa shape index (κ1) is 13.2. The van der Waals surface area contributed by atoms with Gasteiger partial charge in [-0.1, -0.05) is 0 Å².